The van der Waals surface area contributed by atoms with E-state index in [0.29, 0.717) is 5.92 Å². The summed E-state index contributed by atoms with van der Waals surface area (Å²) in [6, 6.07) is 10.7. The van der Waals surface area contributed by atoms with Crippen LogP contribution in [-0.4, -0.2) is 26.1 Å². The summed E-state index contributed by atoms with van der Waals surface area (Å²) < 4.78 is 0. The predicted octanol–water partition coefficient (Wildman–Crippen LogP) is 3.15. The molecule has 2 N–H and O–H groups in total. The lowest BCUT2D eigenvalue weighted by Gasteiger charge is -2.18. The van der Waals surface area contributed by atoms with Gasteiger partial charge in [-0.05, 0) is 18.4 Å². The summed E-state index contributed by atoms with van der Waals surface area (Å²) in [5.41, 5.74) is 1.39. The van der Waals surface area contributed by atoms with Crippen LogP contribution in [0.5, 0.6) is 0 Å². The third kappa shape index (κ3) is 5.77. The molecule has 0 aliphatic heterocycles. The van der Waals surface area contributed by atoms with Gasteiger partial charge in [0.05, 0.1) is 0 Å². The molecule has 19 heavy (non-hydrogen) atoms. The van der Waals surface area contributed by atoms with E-state index < -0.39 is 0 Å². The molecule has 0 heterocycles. The van der Waals surface area contributed by atoms with E-state index in [-0.39, 0.29) is 0 Å². The van der Waals surface area contributed by atoms with Gasteiger partial charge in [0.25, 0.3) is 0 Å². The van der Waals surface area contributed by atoms with Crippen LogP contribution in [0.15, 0.2) is 35.3 Å². The number of hydrogen-bond donors (Lipinski definition) is 2. The minimum Gasteiger partial charge on any atom is -0.356 e. The van der Waals surface area contributed by atoms with Gasteiger partial charge in [0.15, 0.2) is 5.96 Å². The fraction of sp³-hybridized carbons (Fsp3) is 0.562. The fourth-order valence-electron chi connectivity index (χ4n) is 2.05. The van der Waals surface area contributed by atoms with Crippen molar-refractivity contribution in [3.05, 3.63) is 35.9 Å². The van der Waals surface area contributed by atoms with Crippen molar-refractivity contribution in [3.63, 3.8) is 0 Å². The van der Waals surface area contributed by atoms with E-state index in [0.717, 1.165) is 25.5 Å². The number of rotatable bonds is 7. The van der Waals surface area contributed by atoms with E-state index in [1.165, 1.54) is 18.4 Å². The topological polar surface area (TPSA) is 36.4 Å². The third-order valence-corrected chi connectivity index (χ3v) is 3.33. The molecule has 1 atom stereocenters. The highest BCUT2D eigenvalue weighted by Gasteiger charge is 2.09. The van der Waals surface area contributed by atoms with Gasteiger partial charge in [-0.15, -0.1) is 0 Å². The smallest absolute Gasteiger partial charge is 0.190 e. The Hall–Kier alpha value is -1.51. The Kier molecular flexibility index (Phi) is 7.71. The summed E-state index contributed by atoms with van der Waals surface area (Å²) in [6.07, 6.45) is 3.51. The van der Waals surface area contributed by atoms with E-state index in [1.807, 2.05) is 7.05 Å². The first kappa shape index (κ1) is 15.5. The van der Waals surface area contributed by atoms with Crippen LogP contribution in [0.1, 0.15) is 44.6 Å². The van der Waals surface area contributed by atoms with Crippen molar-refractivity contribution in [2.24, 2.45) is 4.99 Å². The number of unbranched alkanes of at least 4 members (excludes halogenated alkanes) is 1. The zero-order valence-electron chi connectivity index (χ0n) is 12.4. The highest BCUT2D eigenvalue weighted by molar-refractivity contribution is 5.79. The lowest BCUT2D eigenvalue weighted by atomic mass is 9.97. The molecule has 1 unspecified atom stereocenters. The van der Waals surface area contributed by atoms with Crippen LogP contribution in [0.2, 0.25) is 0 Å². The van der Waals surface area contributed by atoms with Gasteiger partial charge in [-0.2, -0.15) is 0 Å². The Morgan fingerprint density at radius 3 is 2.47 bits per heavy atom. The van der Waals surface area contributed by atoms with Crippen LogP contribution in [-0.2, 0) is 0 Å². The van der Waals surface area contributed by atoms with E-state index in [1.54, 1.807) is 0 Å². The second kappa shape index (κ2) is 9.42. The van der Waals surface area contributed by atoms with Crippen LogP contribution in [0.3, 0.4) is 0 Å². The second-order valence-corrected chi connectivity index (χ2v) is 4.75. The largest absolute Gasteiger partial charge is 0.356 e. The van der Waals surface area contributed by atoms with Crippen LogP contribution in [0, 0.1) is 0 Å². The highest BCUT2D eigenvalue weighted by Crippen LogP contribution is 2.17. The van der Waals surface area contributed by atoms with Crippen molar-refractivity contribution in [2.75, 3.05) is 20.1 Å². The molecule has 3 heteroatoms. The Bertz CT molecular complexity index is 360. The molecular formula is C16H27N3. The van der Waals surface area contributed by atoms with Gasteiger partial charge >= 0.3 is 0 Å². The molecule has 0 amide bonds. The van der Waals surface area contributed by atoms with Gasteiger partial charge in [-0.1, -0.05) is 50.6 Å². The minimum absolute atomic E-state index is 0.533. The molecule has 0 fully saturated rings. The maximum absolute atomic E-state index is 4.25. The van der Waals surface area contributed by atoms with Gasteiger partial charge in [0.1, 0.15) is 0 Å². The van der Waals surface area contributed by atoms with Crippen molar-refractivity contribution in [1.29, 1.82) is 0 Å². The summed E-state index contributed by atoms with van der Waals surface area (Å²) in [5, 5.41) is 6.76. The number of guanidine groups is 1. The Labute approximate surface area is 117 Å². The van der Waals surface area contributed by atoms with Crippen LogP contribution in [0.4, 0.5) is 0 Å². The van der Waals surface area contributed by atoms with Gasteiger partial charge in [0, 0.05) is 26.1 Å². The van der Waals surface area contributed by atoms with Gasteiger partial charge < -0.3 is 10.6 Å². The molecule has 0 saturated heterocycles. The van der Waals surface area contributed by atoms with Crippen molar-refractivity contribution < 1.29 is 0 Å². The van der Waals surface area contributed by atoms with E-state index in [2.05, 4.69) is 59.8 Å². The van der Waals surface area contributed by atoms with Crippen molar-refractivity contribution in [3.8, 4) is 0 Å². The van der Waals surface area contributed by atoms with Crippen molar-refractivity contribution in [2.45, 2.75) is 39.0 Å². The van der Waals surface area contributed by atoms with Crippen LogP contribution >= 0.6 is 0 Å². The number of benzene rings is 1. The summed E-state index contributed by atoms with van der Waals surface area (Å²) in [5.74, 6) is 1.44. The van der Waals surface area contributed by atoms with Crippen molar-refractivity contribution >= 4 is 5.96 Å². The first-order valence-electron chi connectivity index (χ1n) is 7.31. The molecule has 1 rings (SSSR count). The van der Waals surface area contributed by atoms with Crippen LogP contribution < -0.4 is 10.6 Å². The van der Waals surface area contributed by atoms with Gasteiger partial charge in [-0.3, -0.25) is 4.99 Å². The molecule has 0 aliphatic carbocycles. The number of aliphatic imine (C=N–C) groups is 1. The van der Waals surface area contributed by atoms with Gasteiger partial charge in [-0.25, -0.2) is 0 Å². The predicted molar refractivity (Wildman–Crippen MR) is 83.7 cm³/mol. The first-order chi connectivity index (χ1) is 9.31. The lowest BCUT2D eigenvalue weighted by Crippen LogP contribution is -2.39. The zero-order valence-corrected chi connectivity index (χ0v) is 12.4. The van der Waals surface area contributed by atoms with E-state index in [9.17, 15) is 0 Å². The molecule has 0 radical (unpaired) electrons. The monoisotopic (exact) mass is 261 g/mol. The lowest BCUT2D eigenvalue weighted by molar-refractivity contribution is 0.626. The Balaban J connectivity index is 2.44. The molecule has 106 valence electrons. The molecule has 0 saturated carbocycles. The standard InChI is InChI=1S/C16H27N3/c1-4-6-12-18-16(17-3)19-13-14(5-2)15-10-8-7-9-11-15/h7-11,14H,4-6,12-13H2,1-3H3,(H2,17,18,19). The molecule has 1 aromatic carbocycles. The molecule has 0 aliphatic rings. The van der Waals surface area contributed by atoms with Crippen molar-refractivity contribution in [1.82, 2.24) is 10.6 Å². The molecule has 3 nitrogen and oxygen atoms in total. The molecule has 0 aromatic heterocycles. The summed E-state index contributed by atoms with van der Waals surface area (Å²) in [7, 11) is 1.82. The van der Waals surface area contributed by atoms with Gasteiger partial charge in [0.2, 0.25) is 0 Å². The first-order valence-corrected chi connectivity index (χ1v) is 7.31. The molecule has 0 bridgehead atoms. The van der Waals surface area contributed by atoms with E-state index >= 15 is 0 Å². The normalized spacial score (nSPS) is 13.1. The number of hydrogen-bond acceptors (Lipinski definition) is 1. The average molecular weight is 261 g/mol. The van der Waals surface area contributed by atoms with E-state index in [4.69, 9.17) is 0 Å². The fourth-order valence-corrected chi connectivity index (χ4v) is 2.05. The second-order valence-electron chi connectivity index (χ2n) is 4.75. The molecular weight excluding hydrogens is 234 g/mol. The molecule has 1 aromatic rings. The third-order valence-electron chi connectivity index (χ3n) is 3.33. The Morgan fingerprint density at radius 2 is 1.89 bits per heavy atom. The summed E-state index contributed by atoms with van der Waals surface area (Å²) in [4.78, 5) is 4.25. The van der Waals surface area contributed by atoms with Crippen LogP contribution in [0.25, 0.3) is 0 Å². The summed E-state index contributed by atoms with van der Waals surface area (Å²) in [6.45, 7) is 6.33. The number of nitrogens with zero attached hydrogens (tertiary/aromatic N) is 1. The highest BCUT2D eigenvalue weighted by atomic mass is 15.2. The zero-order chi connectivity index (χ0) is 13.9. The maximum atomic E-state index is 4.25. The maximum Gasteiger partial charge on any atom is 0.190 e. The average Bonchev–Trinajstić information content (AvgIpc) is 2.47. The number of nitrogens with one attached hydrogen (secondary N) is 2. The molecule has 0 spiro atoms. The summed E-state index contributed by atoms with van der Waals surface area (Å²) >= 11 is 0. The Morgan fingerprint density at radius 1 is 1.16 bits per heavy atom. The quantitative estimate of drug-likeness (QED) is 0.449. The SMILES string of the molecule is CCCCNC(=NC)NCC(CC)c1ccccc1. The minimum atomic E-state index is 0.533.